The van der Waals surface area contributed by atoms with Gasteiger partial charge in [0.05, 0.1) is 12.8 Å². The van der Waals surface area contributed by atoms with Crippen LogP contribution in [0, 0.1) is 6.92 Å². The fraction of sp³-hybridized carbons (Fsp3) is 0.143. The number of carbonyl (C=O) groups excluding carboxylic acids is 1. The van der Waals surface area contributed by atoms with Crippen LogP contribution in [0.2, 0.25) is 0 Å². The van der Waals surface area contributed by atoms with Crippen molar-refractivity contribution < 1.29 is 14.3 Å². The van der Waals surface area contributed by atoms with Crippen molar-refractivity contribution >= 4 is 23.0 Å². The Hall–Kier alpha value is -3.12. The average Bonchev–Trinajstić information content (AvgIpc) is 3.29. The number of nitrogens with zero attached hydrogens (tertiary/aromatic N) is 2. The predicted octanol–water partition coefficient (Wildman–Crippen LogP) is 4.74. The lowest BCUT2D eigenvalue weighted by molar-refractivity contribution is 0.0474. The summed E-state index contributed by atoms with van der Waals surface area (Å²) in [6.07, 6.45) is 3.78. The van der Waals surface area contributed by atoms with Crippen molar-refractivity contribution in [1.29, 1.82) is 0 Å². The molecule has 136 valence electrons. The summed E-state index contributed by atoms with van der Waals surface area (Å²) in [5.41, 5.74) is 3.63. The van der Waals surface area contributed by atoms with Crippen molar-refractivity contribution in [1.82, 2.24) is 9.38 Å². The highest BCUT2D eigenvalue weighted by molar-refractivity contribution is 7.14. The van der Waals surface area contributed by atoms with Crippen LogP contribution in [-0.2, 0) is 11.3 Å². The molecule has 0 unspecified atom stereocenters. The third-order valence-corrected chi connectivity index (χ3v) is 5.32. The Morgan fingerprint density at radius 1 is 1.19 bits per heavy atom. The van der Waals surface area contributed by atoms with Crippen molar-refractivity contribution in [3.05, 3.63) is 76.4 Å². The number of esters is 1. The second kappa shape index (κ2) is 7.25. The molecule has 0 aliphatic rings. The van der Waals surface area contributed by atoms with Gasteiger partial charge >= 0.3 is 5.97 Å². The van der Waals surface area contributed by atoms with Crippen molar-refractivity contribution in [3.8, 4) is 16.9 Å². The van der Waals surface area contributed by atoms with E-state index in [1.165, 1.54) is 11.3 Å². The van der Waals surface area contributed by atoms with Crippen LogP contribution >= 0.6 is 11.3 Å². The number of imidazole rings is 1. The SMILES string of the molecule is COc1ccc(-c2cc(C(=O)OCc3cn4ccccc4n3)sc2C)cc1. The third kappa shape index (κ3) is 3.57. The first-order valence-electron chi connectivity index (χ1n) is 8.48. The van der Waals surface area contributed by atoms with Crippen molar-refractivity contribution in [3.63, 3.8) is 0 Å². The molecule has 0 spiro atoms. The molecule has 0 saturated carbocycles. The van der Waals surface area contributed by atoms with Gasteiger partial charge in [-0.3, -0.25) is 0 Å². The van der Waals surface area contributed by atoms with Gasteiger partial charge in [-0.2, -0.15) is 0 Å². The van der Waals surface area contributed by atoms with Gasteiger partial charge < -0.3 is 13.9 Å². The van der Waals surface area contributed by atoms with Gasteiger partial charge in [0, 0.05) is 17.3 Å². The highest BCUT2D eigenvalue weighted by Gasteiger charge is 2.15. The lowest BCUT2D eigenvalue weighted by Gasteiger charge is -2.02. The predicted molar refractivity (Wildman–Crippen MR) is 105 cm³/mol. The van der Waals surface area contributed by atoms with E-state index < -0.39 is 0 Å². The topological polar surface area (TPSA) is 52.8 Å². The number of methoxy groups -OCH3 is 1. The van der Waals surface area contributed by atoms with E-state index in [9.17, 15) is 4.79 Å². The molecular formula is C21H18N2O3S. The Kier molecular flexibility index (Phi) is 4.64. The first-order valence-corrected chi connectivity index (χ1v) is 9.30. The first-order chi connectivity index (χ1) is 13.1. The minimum Gasteiger partial charge on any atom is -0.497 e. The molecule has 0 aliphatic carbocycles. The molecule has 3 aromatic heterocycles. The second-order valence-electron chi connectivity index (χ2n) is 6.08. The monoisotopic (exact) mass is 378 g/mol. The third-order valence-electron chi connectivity index (χ3n) is 4.29. The molecule has 0 amide bonds. The van der Waals surface area contributed by atoms with Crippen molar-refractivity contribution in [2.45, 2.75) is 13.5 Å². The Labute approximate surface area is 160 Å². The normalized spacial score (nSPS) is 10.9. The molecule has 0 radical (unpaired) electrons. The van der Waals surface area contributed by atoms with Gasteiger partial charge in [-0.1, -0.05) is 18.2 Å². The van der Waals surface area contributed by atoms with Crippen LogP contribution in [-0.4, -0.2) is 22.5 Å². The van der Waals surface area contributed by atoms with E-state index in [2.05, 4.69) is 4.98 Å². The summed E-state index contributed by atoms with van der Waals surface area (Å²) in [5.74, 6) is 0.471. The molecule has 4 aromatic rings. The number of fused-ring (bicyclic) bond motifs is 1. The fourth-order valence-electron chi connectivity index (χ4n) is 2.91. The van der Waals surface area contributed by atoms with Crippen LogP contribution in [0.3, 0.4) is 0 Å². The zero-order valence-electron chi connectivity index (χ0n) is 15.0. The van der Waals surface area contributed by atoms with Crippen LogP contribution in [0.15, 0.2) is 60.9 Å². The van der Waals surface area contributed by atoms with E-state index in [1.807, 2.05) is 72.2 Å². The first kappa shape index (κ1) is 17.3. The van der Waals surface area contributed by atoms with Gasteiger partial charge in [-0.15, -0.1) is 11.3 Å². The van der Waals surface area contributed by atoms with E-state index in [0.717, 1.165) is 33.1 Å². The largest absolute Gasteiger partial charge is 0.497 e. The number of hydrogen-bond donors (Lipinski definition) is 0. The number of hydrogen-bond acceptors (Lipinski definition) is 5. The Balaban J connectivity index is 1.48. The van der Waals surface area contributed by atoms with Gasteiger partial charge in [0.1, 0.15) is 22.9 Å². The second-order valence-corrected chi connectivity index (χ2v) is 7.34. The maximum absolute atomic E-state index is 12.5. The molecular weight excluding hydrogens is 360 g/mol. The molecule has 4 rings (SSSR count). The van der Waals surface area contributed by atoms with Crippen molar-refractivity contribution in [2.24, 2.45) is 0 Å². The number of thiophene rings is 1. The minimum absolute atomic E-state index is 0.148. The van der Waals surface area contributed by atoms with Crippen LogP contribution in [0.4, 0.5) is 0 Å². The summed E-state index contributed by atoms with van der Waals surface area (Å²) in [7, 11) is 1.64. The Morgan fingerprint density at radius 2 is 2.00 bits per heavy atom. The molecule has 3 heterocycles. The zero-order valence-corrected chi connectivity index (χ0v) is 15.8. The number of carbonyl (C=O) groups is 1. The summed E-state index contributed by atoms with van der Waals surface area (Å²) < 4.78 is 12.6. The lowest BCUT2D eigenvalue weighted by Crippen LogP contribution is -2.03. The molecule has 0 saturated heterocycles. The molecule has 0 aliphatic heterocycles. The van der Waals surface area contributed by atoms with E-state index in [0.29, 0.717) is 4.88 Å². The number of rotatable bonds is 5. The van der Waals surface area contributed by atoms with Crippen LogP contribution < -0.4 is 4.74 Å². The molecule has 0 bridgehead atoms. The molecule has 0 fully saturated rings. The van der Waals surface area contributed by atoms with Gasteiger partial charge in [-0.25, -0.2) is 9.78 Å². The molecule has 0 atom stereocenters. The number of benzene rings is 1. The van der Waals surface area contributed by atoms with E-state index >= 15 is 0 Å². The van der Waals surface area contributed by atoms with Gasteiger partial charge in [0.25, 0.3) is 0 Å². The number of ether oxygens (including phenoxy) is 2. The van der Waals surface area contributed by atoms with Crippen LogP contribution in [0.25, 0.3) is 16.8 Å². The average molecular weight is 378 g/mol. The van der Waals surface area contributed by atoms with Gasteiger partial charge in [-0.05, 0) is 48.4 Å². The van der Waals surface area contributed by atoms with E-state index in [-0.39, 0.29) is 12.6 Å². The smallest absolute Gasteiger partial charge is 0.348 e. The van der Waals surface area contributed by atoms with Crippen LogP contribution in [0.5, 0.6) is 5.75 Å². The lowest BCUT2D eigenvalue weighted by atomic mass is 10.1. The van der Waals surface area contributed by atoms with Crippen molar-refractivity contribution in [2.75, 3.05) is 7.11 Å². The number of aryl methyl sites for hydroxylation is 1. The summed E-state index contributed by atoms with van der Waals surface area (Å²) in [4.78, 5) is 18.6. The number of pyridine rings is 1. The summed E-state index contributed by atoms with van der Waals surface area (Å²) in [6, 6.07) is 15.4. The van der Waals surface area contributed by atoms with Gasteiger partial charge in [0.2, 0.25) is 0 Å². The molecule has 27 heavy (non-hydrogen) atoms. The minimum atomic E-state index is -0.333. The summed E-state index contributed by atoms with van der Waals surface area (Å²) >= 11 is 1.44. The van der Waals surface area contributed by atoms with E-state index in [4.69, 9.17) is 9.47 Å². The van der Waals surface area contributed by atoms with Gasteiger partial charge in [0.15, 0.2) is 0 Å². The molecule has 0 N–H and O–H groups in total. The Bertz CT molecular complexity index is 1060. The Morgan fingerprint density at radius 3 is 2.74 bits per heavy atom. The van der Waals surface area contributed by atoms with E-state index in [1.54, 1.807) is 7.11 Å². The summed E-state index contributed by atoms with van der Waals surface area (Å²) in [6.45, 7) is 2.15. The standard InChI is InChI=1S/C21H18N2O3S/c1-14-18(15-6-8-17(25-2)9-7-15)11-19(27-14)21(24)26-13-16-12-23-10-4-3-5-20(23)22-16/h3-12H,13H2,1-2H3. The fourth-order valence-corrected chi connectivity index (χ4v) is 3.84. The molecule has 1 aromatic carbocycles. The highest BCUT2D eigenvalue weighted by atomic mass is 32.1. The van der Waals surface area contributed by atoms with Crippen LogP contribution in [0.1, 0.15) is 20.2 Å². The molecule has 5 nitrogen and oxygen atoms in total. The molecule has 6 heteroatoms. The maximum Gasteiger partial charge on any atom is 0.348 e. The highest BCUT2D eigenvalue weighted by Crippen LogP contribution is 2.32. The summed E-state index contributed by atoms with van der Waals surface area (Å²) in [5, 5.41) is 0. The quantitative estimate of drug-likeness (QED) is 0.471. The maximum atomic E-state index is 12.5. The zero-order chi connectivity index (χ0) is 18.8. The number of aromatic nitrogens is 2.